The van der Waals surface area contributed by atoms with Gasteiger partial charge in [0.05, 0.1) is 6.04 Å². The summed E-state index contributed by atoms with van der Waals surface area (Å²) in [5.74, 6) is 2.36. The molecular weight excluding hydrogens is 769 g/mol. The van der Waals surface area contributed by atoms with Crippen LogP contribution in [0, 0.1) is 5.92 Å². The number of nitrogens with one attached hydrogen (secondary N) is 3. The molecule has 3 aliphatic rings. The molecule has 3 aromatic carbocycles. The standard InChI is InChI=1S/C28H25BrN3O3.3C4H9.Sn/c29-23-15-26-25(34-16-35-26)14-22(23)27-20-8-4-7-19(20)21-13-17(9-10-24(21)32-27)11-12-30-28(33)31-18-5-2-1-3-6-18;3*1-3-4-2;/h1-2,4-7,9-10,13-15,19-20,27,32H,8,11-12,16H2,(H2,30,31,33);3*1,3-4H2,2H3;/t19-,20+,27-;;;;/m1..../s1. The van der Waals surface area contributed by atoms with Crippen molar-refractivity contribution in [2.24, 2.45) is 5.92 Å². The van der Waals surface area contributed by atoms with Crippen molar-refractivity contribution < 1.29 is 14.3 Å². The third-order valence-corrected chi connectivity index (χ3v) is 27.0. The van der Waals surface area contributed by atoms with Gasteiger partial charge in [-0.1, -0.05) is 28.1 Å². The van der Waals surface area contributed by atoms with Gasteiger partial charge in [0.2, 0.25) is 6.79 Å². The van der Waals surface area contributed by atoms with Gasteiger partial charge in [0, 0.05) is 4.47 Å². The molecule has 0 aromatic heterocycles. The van der Waals surface area contributed by atoms with E-state index < -0.39 is 18.4 Å². The van der Waals surface area contributed by atoms with E-state index in [0.29, 0.717) is 18.4 Å². The van der Waals surface area contributed by atoms with Crippen LogP contribution in [-0.2, 0) is 6.42 Å². The maximum absolute atomic E-state index is 13.1. The number of benzene rings is 3. The topological polar surface area (TPSA) is 71.6 Å². The minimum atomic E-state index is -2.57. The van der Waals surface area contributed by atoms with E-state index in [-0.39, 0.29) is 18.9 Å². The average Bonchev–Trinajstić information content (AvgIpc) is 3.78. The number of hydrogen-bond acceptors (Lipinski definition) is 4. The number of unbranched alkanes of at least 4 members (excludes halogenated alkanes) is 3. The molecule has 6 nitrogen and oxygen atoms in total. The zero-order valence-corrected chi connectivity index (χ0v) is 33.3. The molecule has 48 heavy (non-hydrogen) atoms. The fourth-order valence-electron chi connectivity index (χ4n) is 8.05. The first-order chi connectivity index (χ1) is 23.4. The monoisotopic (exact) mass is 821 g/mol. The van der Waals surface area contributed by atoms with Crippen LogP contribution in [0.1, 0.15) is 94.4 Å². The van der Waals surface area contributed by atoms with Crippen LogP contribution in [0.2, 0.25) is 13.3 Å². The van der Waals surface area contributed by atoms with Crippen LogP contribution in [0.25, 0.3) is 0 Å². The van der Waals surface area contributed by atoms with Gasteiger partial charge in [0.1, 0.15) is 0 Å². The number of rotatable bonds is 15. The zero-order chi connectivity index (χ0) is 33.5. The number of allylic oxidation sites excluding steroid dienone is 2. The van der Waals surface area contributed by atoms with E-state index >= 15 is 0 Å². The van der Waals surface area contributed by atoms with Gasteiger partial charge in [0.25, 0.3) is 0 Å². The van der Waals surface area contributed by atoms with E-state index in [0.717, 1.165) is 34.5 Å². The van der Waals surface area contributed by atoms with Crippen molar-refractivity contribution in [3.05, 3.63) is 87.9 Å². The molecule has 0 unspecified atom stereocenters. The van der Waals surface area contributed by atoms with Crippen LogP contribution in [-0.4, -0.2) is 37.7 Å². The second-order valence-corrected chi connectivity index (χ2v) is 28.0. The van der Waals surface area contributed by atoms with E-state index in [1.165, 1.54) is 74.2 Å². The van der Waals surface area contributed by atoms with Crippen LogP contribution < -0.4 is 29.0 Å². The number of ether oxygens (including phenoxy) is 2. The van der Waals surface area contributed by atoms with Crippen molar-refractivity contribution in [3.8, 4) is 11.5 Å². The third-order valence-electron chi connectivity index (χ3n) is 10.7. The van der Waals surface area contributed by atoms with Gasteiger partial charge in [0.15, 0.2) is 11.5 Å². The quantitative estimate of drug-likeness (QED) is 0.106. The summed E-state index contributed by atoms with van der Waals surface area (Å²) in [6, 6.07) is 19.8. The van der Waals surface area contributed by atoms with Gasteiger partial charge in [-0.25, -0.2) is 0 Å². The van der Waals surface area contributed by atoms with Crippen molar-refractivity contribution in [2.45, 2.75) is 97.4 Å². The molecular formula is C40H52BrN3O3Sn. The number of carbonyl (C=O) groups excluding carboxylic acids is 1. The van der Waals surface area contributed by atoms with Crippen LogP contribution in [0.3, 0.4) is 0 Å². The number of amides is 2. The molecule has 0 radical (unpaired) electrons. The van der Waals surface area contributed by atoms with Crippen molar-refractivity contribution in [1.29, 1.82) is 0 Å². The molecule has 6 rings (SSSR count). The van der Waals surface area contributed by atoms with Gasteiger partial charge in [-0.3, -0.25) is 0 Å². The summed E-state index contributed by atoms with van der Waals surface area (Å²) >= 11 is 1.24. The number of anilines is 2. The van der Waals surface area contributed by atoms with Crippen molar-refractivity contribution in [3.63, 3.8) is 0 Å². The Morgan fingerprint density at radius 1 is 0.917 bits per heavy atom. The SMILES string of the molecule is CCC[CH2][Sn]([CH2]CCC)([CH2]CCC)[c]1cccc(NC(=O)NCCc2ccc3c(c2)[C@@H]2C=CC[C@@H]2[C@H](c2cc4c(cc2Br)OCO4)N3)c1. The normalized spacial score (nSPS) is 19.0. The predicted octanol–water partition coefficient (Wildman–Crippen LogP) is 10.4. The van der Waals surface area contributed by atoms with Gasteiger partial charge in [-0.05, 0) is 30.0 Å². The van der Waals surface area contributed by atoms with E-state index in [1.54, 1.807) is 3.58 Å². The summed E-state index contributed by atoms with van der Waals surface area (Å²) in [6.45, 7) is 7.81. The Kier molecular flexibility index (Phi) is 12.0. The molecule has 0 bridgehead atoms. The number of carbonyl (C=O) groups is 1. The number of hydrogen-bond donors (Lipinski definition) is 3. The Morgan fingerprint density at radius 2 is 1.65 bits per heavy atom. The van der Waals surface area contributed by atoms with Crippen LogP contribution in [0.15, 0.2) is 71.2 Å². The molecule has 256 valence electrons. The summed E-state index contributed by atoms with van der Waals surface area (Å²) in [4.78, 5) is 13.1. The summed E-state index contributed by atoms with van der Waals surface area (Å²) in [5, 5.41) is 10.2. The number of halogens is 1. The number of urea groups is 1. The van der Waals surface area contributed by atoms with Gasteiger partial charge >= 0.3 is 200 Å². The molecule has 2 heterocycles. The van der Waals surface area contributed by atoms with Crippen molar-refractivity contribution in [1.82, 2.24) is 5.32 Å². The molecule has 0 fully saturated rings. The third kappa shape index (κ3) is 7.88. The van der Waals surface area contributed by atoms with Crippen LogP contribution in [0.5, 0.6) is 11.5 Å². The van der Waals surface area contributed by atoms with Crippen LogP contribution >= 0.6 is 15.9 Å². The Hall–Kier alpha value is -2.65. The van der Waals surface area contributed by atoms with Crippen molar-refractivity contribution >= 4 is 55.3 Å². The zero-order valence-electron chi connectivity index (χ0n) is 28.9. The first-order valence-electron chi connectivity index (χ1n) is 18.2. The summed E-state index contributed by atoms with van der Waals surface area (Å²) in [7, 11) is 0. The molecule has 2 aliphatic heterocycles. The first-order valence-corrected chi connectivity index (χ1v) is 26.5. The summed E-state index contributed by atoms with van der Waals surface area (Å²) < 4.78 is 18.2. The summed E-state index contributed by atoms with van der Waals surface area (Å²) in [6.07, 6.45) is 14.3. The van der Waals surface area contributed by atoms with E-state index in [9.17, 15) is 4.79 Å². The van der Waals surface area contributed by atoms with E-state index in [4.69, 9.17) is 9.47 Å². The van der Waals surface area contributed by atoms with Crippen molar-refractivity contribution in [2.75, 3.05) is 24.0 Å². The Bertz CT molecular complexity index is 1590. The summed E-state index contributed by atoms with van der Waals surface area (Å²) in [5.41, 5.74) is 5.87. The van der Waals surface area contributed by atoms with E-state index in [2.05, 4.69) is 113 Å². The van der Waals surface area contributed by atoms with Gasteiger partial charge in [-0.2, -0.15) is 0 Å². The number of fused-ring (bicyclic) bond motifs is 4. The average molecular weight is 821 g/mol. The van der Waals surface area contributed by atoms with Gasteiger partial charge < -0.3 is 14.8 Å². The predicted molar refractivity (Wildman–Crippen MR) is 205 cm³/mol. The Labute approximate surface area is 299 Å². The Balaban J connectivity index is 1.09. The minimum absolute atomic E-state index is 0.126. The molecule has 3 atom stereocenters. The second-order valence-electron chi connectivity index (χ2n) is 13.9. The van der Waals surface area contributed by atoms with Crippen LogP contribution in [0.4, 0.5) is 16.2 Å². The molecule has 2 amide bonds. The molecule has 3 aromatic rings. The fourth-order valence-corrected chi connectivity index (χ4v) is 24.7. The molecule has 0 saturated heterocycles. The Morgan fingerprint density at radius 3 is 2.38 bits per heavy atom. The second kappa shape index (κ2) is 16.4. The molecule has 1 aliphatic carbocycles. The first kappa shape index (κ1) is 35.2. The molecule has 3 N–H and O–H groups in total. The van der Waals surface area contributed by atoms with E-state index in [1.807, 2.05) is 6.07 Å². The molecule has 0 saturated carbocycles. The maximum atomic E-state index is 13.1. The fraction of sp³-hybridized carbons (Fsp3) is 0.475. The van der Waals surface area contributed by atoms with Gasteiger partial charge in [-0.15, -0.1) is 0 Å². The molecule has 8 heteroatoms. The molecule has 0 spiro atoms.